The lowest BCUT2D eigenvalue weighted by atomic mass is 10.1. The van der Waals surface area contributed by atoms with Gasteiger partial charge in [-0.3, -0.25) is 9.09 Å². The first-order chi connectivity index (χ1) is 14.6. The van der Waals surface area contributed by atoms with Crippen molar-refractivity contribution >= 4 is 52.2 Å². The summed E-state index contributed by atoms with van der Waals surface area (Å²) in [7, 11) is -16.7. The van der Waals surface area contributed by atoms with E-state index in [0.717, 1.165) is 10.9 Å². The van der Waals surface area contributed by atoms with Gasteiger partial charge >= 0.3 is 23.5 Å². The fraction of sp³-hybridized carbons (Fsp3) is 0.500. The molecule has 0 amide bonds. The molecule has 2 aromatic rings. The highest BCUT2D eigenvalue weighted by molar-refractivity contribution is 7.66. The fourth-order valence-corrected chi connectivity index (χ4v) is 5.90. The number of aliphatic hydroxyl groups excluding tert-OH is 2. The van der Waals surface area contributed by atoms with Gasteiger partial charge in [-0.2, -0.15) is 18.6 Å². The Morgan fingerprint density at radius 3 is 2.38 bits per heavy atom. The molecule has 22 heteroatoms. The number of phosphoric acid groups is 3. The van der Waals surface area contributed by atoms with Gasteiger partial charge in [-0.15, -0.1) is 0 Å². The van der Waals surface area contributed by atoms with Crippen LogP contribution in [0.25, 0.3) is 11.2 Å². The number of nitrogens with two attached hydrogens (primary N) is 1. The molecule has 18 nitrogen and oxygen atoms in total. The standard InChI is InChI=1S/C10H15ClN5O13P3/c11-7-4-8(15-10(12)14-7)16(2-13-4)9-6(18)5(17)3(27-9)1-26-31(22,23)29-32(24,25)28-30(19,20)21/h2-3,5-6,9,17-18H,1H2,(H,22,23)(H,24,25)(H2,12,14,15)(H2,19,20,21)/t3-,5-,6-,9-/m1/s1. The molecule has 6 atom stereocenters. The second-order valence-corrected chi connectivity index (χ2v) is 10.9. The highest BCUT2D eigenvalue weighted by atomic mass is 35.5. The van der Waals surface area contributed by atoms with Crippen LogP contribution in [0.15, 0.2) is 6.33 Å². The number of anilines is 1. The highest BCUT2D eigenvalue weighted by Crippen LogP contribution is 2.66. The van der Waals surface area contributed by atoms with Gasteiger partial charge in [0, 0.05) is 0 Å². The van der Waals surface area contributed by atoms with Gasteiger partial charge in [-0.1, -0.05) is 11.6 Å². The predicted molar refractivity (Wildman–Crippen MR) is 100 cm³/mol. The van der Waals surface area contributed by atoms with E-state index in [4.69, 9.17) is 36.8 Å². The van der Waals surface area contributed by atoms with Crippen molar-refractivity contribution in [1.29, 1.82) is 0 Å². The highest BCUT2D eigenvalue weighted by Gasteiger charge is 2.47. The van der Waals surface area contributed by atoms with Gasteiger partial charge in [-0.25, -0.2) is 18.7 Å². The van der Waals surface area contributed by atoms with Crippen LogP contribution < -0.4 is 5.73 Å². The lowest BCUT2D eigenvalue weighted by molar-refractivity contribution is -0.0503. The number of nitrogen functional groups attached to an aromatic ring is 1. The van der Waals surface area contributed by atoms with Crippen molar-refractivity contribution in [2.45, 2.75) is 24.5 Å². The number of aliphatic hydroxyl groups is 2. The lowest BCUT2D eigenvalue weighted by Crippen LogP contribution is -2.33. The number of aromatic nitrogens is 4. The van der Waals surface area contributed by atoms with Crippen molar-refractivity contribution in [2.24, 2.45) is 0 Å². The van der Waals surface area contributed by atoms with Gasteiger partial charge in [-0.05, 0) is 0 Å². The Morgan fingerprint density at radius 2 is 1.75 bits per heavy atom. The van der Waals surface area contributed by atoms with Crippen LogP contribution in [0.1, 0.15) is 6.23 Å². The van der Waals surface area contributed by atoms with Gasteiger partial charge < -0.3 is 40.3 Å². The number of nitrogens with zero attached hydrogens (tertiary/aromatic N) is 4. The van der Waals surface area contributed by atoms with Crippen molar-refractivity contribution in [3.05, 3.63) is 11.5 Å². The van der Waals surface area contributed by atoms with Crippen molar-refractivity contribution < 1.29 is 61.4 Å². The molecule has 180 valence electrons. The number of imidazole rings is 1. The predicted octanol–water partition coefficient (Wildman–Crippen LogP) is -0.976. The maximum Gasteiger partial charge on any atom is 0.490 e. The third-order valence-corrected chi connectivity index (χ3v) is 7.89. The molecule has 1 fully saturated rings. The van der Waals surface area contributed by atoms with E-state index >= 15 is 0 Å². The van der Waals surface area contributed by atoms with Crippen molar-refractivity contribution in [3.63, 3.8) is 0 Å². The zero-order chi connectivity index (χ0) is 24.1. The van der Waals surface area contributed by atoms with Crippen LogP contribution in [-0.2, 0) is 31.6 Å². The molecule has 1 aliphatic rings. The molecule has 3 heterocycles. The summed E-state index contributed by atoms with van der Waals surface area (Å²) in [6.07, 6.45) is -5.05. The Bertz CT molecular complexity index is 1160. The van der Waals surface area contributed by atoms with Gasteiger partial charge in [0.15, 0.2) is 17.0 Å². The van der Waals surface area contributed by atoms with Gasteiger partial charge in [0.05, 0.1) is 12.9 Å². The first-order valence-electron chi connectivity index (χ1n) is 8.04. The number of ether oxygens (including phenoxy) is 1. The molecule has 2 unspecified atom stereocenters. The second-order valence-electron chi connectivity index (χ2n) is 6.13. The topological polar surface area (TPSA) is 279 Å². The number of rotatable bonds is 8. The number of hydrogen-bond acceptors (Lipinski definition) is 13. The van der Waals surface area contributed by atoms with E-state index in [2.05, 4.69) is 28.1 Å². The molecule has 0 radical (unpaired) electrons. The molecular weight excluding hydrogens is 527 g/mol. The molecule has 3 rings (SSSR count). The molecule has 0 aliphatic carbocycles. The minimum absolute atomic E-state index is 0.0345. The second kappa shape index (κ2) is 8.94. The van der Waals surface area contributed by atoms with E-state index < -0.39 is 54.6 Å². The van der Waals surface area contributed by atoms with Crippen LogP contribution in [0.2, 0.25) is 5.15 Å². The Morgan fingerprint density at radius 1 is 1.09 bits per heavy atom. The fourth-order valence-electron chi connectivity index (χ4n) is 2.65. The Labute approximate surface area is 182 Å². The van der Waals surface area contributed by atoms with Crippen LogP contribution in [0, 0.1) is 0 Å². The van der Waals surface area contributed by atoms with Crippen LogP contribution in [-0.4, -0.2) is 74.2 Å². The first-order valence-corrected chi connectivity index (χ1v) is 12.9. The Hall–Kier alpha value is -1.07. The van der Waals surface area contributed by atoms with Gasteiger partial charge in [0.2, 0.25) is 5.95 Å². The maximum atomic E-state index is 11.8. The zero-order valence-corrected chi connectivity index (χ0v) is 18.7. The van der Waals surface area contributed by atoms with Crippen LogP contribution in [0.5, 0.6) is 0 Å². The van der Waals surface area contributed by atoms with Crippen molar-refractivity contribution in [2.75, 3.05) is 12.3 Å². The molecule has 1 saturated heterocycles. The number of phosphoric ester groups is 1. The lowest BCUT2D eigenvalue weighted by Gasteiger charge is -2.19. The van der Waals surface area contributed by atoms with Gasteiger partial charge in [0.1, 0.15) is 23.8 Å². The third kappa shape index (κ3) is 5.88. The molecule has 0 saturated carbocycles. The van der Waals surface area contributed by atoms with Crippen LogP contribution in [0.4, 0.5) is 5.95 Å². The van der Waals surface area contributed by atoms with E-state index in [9.17, 15) is 28.8 Å². The molecule has 0 aromatic carbocycles. The number of hydrogen-bond donors (Lipinski definition) is 7. The first kappa shape index (κ1) is 25.6. The van der Waals surface area contributed by atoms with Crippen molar-refractivity contribution in [1.82, 2.24) is 19.5 Å². The number of fused-ring (bicyclic) bond motifs is 1. The maximum absolute atomic E-state index is 11.8. The molecule has 0 bridgehead atoms. The molecule has 1 aliphatic heterocycles. The summed E-state index contributed by atoms with van der Waals surface area (Å²) < 4.78 is 51.9. The Kier molecular flexibility index (Phi) is 7.14. The van der Waals surface area contributed by atoms with Crippen LogP contribution >= 0.6 is 35.1 Å². The molecule has 2 aromatic heterocycles. The summed E-state index contributed by atoms with van der Waals surface area (Å²) in [6, 6.07) is 0. The average molecular weight is 542 g/mol. The third-order valence-electron chi connectivity index (χ3n) is 3.83. The minimum Gasteiger partial charge on any atom is -0.387 e. The summed E-state index contributed by atoms with van der Waals surface area (Å²) >= 11 is 5.91. The molecule has 32 heavy (non-hydrogen) atoms. The van der Waals surface area contributed by atoms with Gasteiger partial charge in [0.25, 0.3) is 0 Å². The molecular formula is C10H15ClN5O13P3. The van der Waals surface area contributed by atoms with E-state index in [-0.39, 0.29) is 22.3 Å². The van der Waals surface area contributed by atoms with E-state index in [1.165, 1.54) is 0 Å². The summed E-state index contributed by atoms with van der Waals surface area (Å²) in [5, 5.41) is 20.4. The molecule has 8 N–H and O–H groups in total. The summed E-state index contributed by atoms with van der Waals surface area (Å²) in [6.45, 7) is -0.983. The van der Waals surface area contributed by atoms with E-state index in [1.807, 2.05) is 0 Å². The smallest absolute Gasteiger partial charge is 0.387 e. The Balaban J connectivity index is 1.72. The number of halogens is 1. The summed E-state index contributed by atoms with van der Waals surface area (Å²) in [5.74, 6) is -0.221. The average Bonchev–Trinajstić information content (AvgIpc) is 3.12. The SMILES string of the molecule is Nc1nc(Cl)c2ncn([C@@H]3O[C@H](COP(=O)(O)OP(=O)(O)OP(=O)(O)O)[C@@H](O)[C@H]3O)c2n1. The zero-order valence-electron chi connectivity index (χ0n) is 15.2. The summed E-state index contributed by atoms with van der Waals surface area (Å²) in [5.41, 5.74) is 5.66. The monoisotopic (exact) mass is 541 g/mol. The van der Waals surface area contributed by atoms with Crippen LogP contribution in [0.3, 0.4) is 0 Å². The largest absolute Gasteiger partial charge is 0.490 e. The molecule has 0 spiro atoms. The van der Waals surface area contributed by atoms with E-state index in [1.54, 1.807) is 0 Å². The summed E-state index contributed by atoms with van der Waals surface area (Å²) in [4.78, 5) is 47.2. The normalized spacial score (nSPS) is 28.0. The minimum atomic E-state index is -5.72. The van der Waals surface area contributed by atoms with E-state index in [0.29, 0.717) is 0 Å². The van der Waals surface area contributed by atoms with Crippen molar-refractivity contribution in [3.8, 4) is 0 Å². The quantitative estimate of drug-likeness (QED) is 0.156.